The highest BCUT2D eigenvalue weighted by Gasteiger charge is 2.53. The van der Waals surface area contributed by atoms with E-state index < -0.39 is 29.4 Å². The van der Waals surface area contributed by atoms with Gasteiger partial charge in [0.05, 0.1) is 17.6 Å². The molecule has 1 aliphatic heterocycles. The van der Waals surface area contributed by atoms with Crippen molar-refractivity contribution in [2.45, 2.75) is 58.4 Å². The number of carbonyl (C=O) groups is 1. The van der Waals surface area contributed by atoms with Crippen LogP contribution < -0.4 is 4.90 Å². The van der Waals surface area contributed by atoms with Crippen LogP contribution in [0.2, 0.25) is 0 Å². The van der Waals surface area contributed by atoms with Gasteiger partial charge in [-0.2, -0.15) is 13.2 Å². The van der Waals surface area contributed by atoms with Gasteiger partial charge in [-0.3, -0.25) is 9.69 Å². The lowest BCUT2D eigenvalue weighted by Crippen LogP contribution is -2.57. The number of rotatable bonds is 5. The Kier molecular flexibility index (Phi) is 7.67. The van der Waals surface area contributed by atoms with E-state index in [9.17, 15) is 23.1 Å². The number of aliphatic hydroxyl groups is 1. The Hall–Kier alpha value is -2.20. The van der Waals surface area contributed by atoms with Crippen LogP contribution in [0.15, 0.2) is 24.0 Å². The van der Waals surface area contributed by atoms with E-state index in [1.165, 1.54) is 6.92 Å². The third-order valence-corrected chi connectivity index (χ3v) is 8.05. The molecule has 1 N–H and O–H groups in total. The van der Waals surface area contributed by atoms with Crippen molar-refractivity contribution >= 4 is 11.9 Å². The average Bonchev–Trinajstić information content (AvgIpc) is 2.81. The van der Waals surface area contributed by atoms with E-state index in [1.807, 2.05) is 18.7 Å². The Bertz CT molecular complexity index is 962. The number of esters is 1. The van der Waals surface area contributed by atoms with Crippen LogP contribution in [-0.2, 0) is 15.7 Å². The zero-order valence-corrected chi connectivity index (χ0v) is 21.3. The van der Waals surface area contributed by atoms with Crippen molar-refractivity contribution in [3.8, 4) is 0 Å². The van der Waals surface area contributed by atoms with Gasteiger partial charge in [0.25, 0.3) is 0 Å². The number of aromatic nitrogens is 2. The van der Waals surface area contributed by atoms with Gasteiger partial charge >= 0.3 is 12.1 Å². The van der Waals surface area contributed by atoms with Crippen molar-refractivity contribution in [3.63, 3.8) is 0 Å². The van der Waals surface area contributed by atoms with Gasteiger partial charge in [0, 0.05) is 58.0 Å². The maximum absolute atomic E-state index is 12.8. The minimum absolute atomic E-state index is 0.0145. The largest absolute Gasteiger partial charge is 0.457 e. The lowest BCUT2D eigenvalue weighted by molar-refractivity contribution is -0.148. The van der Waals surface area contributed by atoms with Crippen LogP contribution in [0.3, 0.4) is 0 Å². The molecule has 0 unspecified atom stereocenters. The van der Waals surface area contributed by atoms with Gasteiger partial charge in [0.2, 0.25) is 5.95 Å². The molecule has 2 aliphatic carbocycles. The molecule has 7 nitrogen and oxygen atoms in total. The molecule has 1 saturated carbocycles. The monoisotopic (exact) mass is 508 g/mol. The van der Waals surface area contributed by atoms with Crippen LogP contribution in [0.1, 0.15) is 46.1 Å². The molecule has 4 rings (SSSR count). The number of fused-ring (bicyclic) bond motifs is 1. The smallest absolute Gasteiger partial charge is 0.419 e. The van der Waals surface area contributed by atoms with Crippen molar-refractivity contribution in [1.82, 2.24) is 14.9 Å². The van der Waals surface area contributed by atoms with E-state index in [0.717, 1.165) is 50.4 Å². The Morgan fingerprint density at radius 1 is 1.25 bits per heavy atom. The molecule has 1 aromatic heterocycles. The second-order valence-corrected chi connectivity index (χ2v) is 10.6. The van der Waals surface area contributed by atoms with Crippen molar-refractivity contribution in [3.05, 3.63) is 36.0 Å². The van der Waals surface area contributed by atoms with E-state index >= 15 is 0 Å². The summed E-state index contributed by atoms with van der Waals surface area (Å²) in [5, 5.41) is 11.7. The molecule has 2 fully saturated rings. The summed E-state index contributed by atoms with van der Waals surface area (Å²) in [4.78, 5) is 23.6. The van der Waals surface area contributed by atoms with Crippen LogP contribution in [0.5, 0.6) is 0 Å². The fraction of sp³-hybridized carbons (Fsp3) is 0.692. The van der Waals surface area contributed by atoms with E-state index in [-0.39, 0.29) is 17.8 Å². The molecule has 1 saturated heterocycles. The summed E-state index contributed by atoms with van der Waals surface area (Å²) in [5.41, 5.74) is -1.09. The summed E-state index contributed by atoms with van der Waals surface area (Å²) in [6, 6.07) is 0. The van der Waals surface area contributed by atoms with E-state index in [1.54, 1.807) is 0 Å². The summed E-state index contributed by atoms with van der Waals surface area (Å²) >= 11 is 0. The Balaban J connectivity index is 1.37. The van der Waals surface area contributed by atoms with Crippen LogP contribution >= 0.6 is 0 Å². The quantitative estimate of drug-likeness (QED) is 0.481. The predicted octanol–water partition coefficient (Wildman–Crippen LogP) is 3.62. The number of nitrogens with zero attached hydrogens (tertiary/aromatic N) is 4. The standard InChI is InChI=1S/C26H35F3N4O3/c1-16-11-22-21(6-5-18(3)25(22,35)12-23(16)36-19(4)34)17(2)15-32-7-9-33(10-8-32)24-30-13-20(14-31-24)26(27,28)29/h11,13-14,17-18,21-23,35H,5-10,15H2,1-4H3/t17-,18+,21-,22+,23+,25+/m0/s1. The summed E-state index contributed by atoms with van der Waals surface area (Å²) in [6.45, 7) is 11.2. The third kappa shape index (κ3) is 5.54. The number of carbonyl (C=O) groups excluding carboxylic acids is 1. The molecular weight excluding hydrogens is 473 g/mol. The number of hydrogen-bond donors (Lipinski definition) is 1. The highest BCUT2D eigenvalue weighted by Crippen LogP contribution is 2.50. The molecule has 36 heavy (non-hydrogen) atoms. The average molecular weight is 509 g/mol. The lowest BCUT2D eigenvalue weighted by Gasteiger charge is -2.53. The minimum Gasteiger partial charge on any atom is -0.457 e. The summed E-state index contributed by atoms with van der Waals surface area (Å²) in [5.74, 6) is 0.405. The molecule has 6 atom stereocenters. The van der Waals surface area contributed by atoms with Gasteiger partial charge in [-0.1, -0.05) is 19.9 Å². The van der Waals surface area contributed by atoms with Crippen LogP contribution in [-0.4, -0.2) is 70.4 Å². The van der Waals surface area contributed by atoms with Gasteiger partial charge in [0.1, 0.15) is 6.10 Å². The molecule has 10 heteroatoms. The minimum atomic E-state index is -4.45. The fourth-order valence-corrected chi connectivity index (χ4v) is 5.91. The highest BCUT2D eigenvalue weighted by atomic mass is 19.4. The zero-order valence-electron chi connectivity index (χ0n) is 21.3. The van der Waals surface area contributed by atoms with Crippen molar-refractivity contribution in [2.75, 3.05) is 37.6 Å². The second-order valence-electron chi connectivity index (χ2n) is 10.6. The topological polar surface area (TPSA) is 78.8 Å². The molecule has 1 aromatic rings. The van der Waals surface area contributed by atoms with Crippen molar-refractivity contribution in [1.29, 1.82) is 0 Å². The third-order valence-electron chi connectivity index (χ3n) is 8.05. The summed E-state index contributed by atoms with van der Waals surface area (Å²) in [7, 11) is 0. The van der Waals surface area contributed by atoms with Crippen molar-refractivity contribution in [2.24, 2.45) is 23.7 Å². The highest BCUT2D eigenvalue weighted by molar-refractivity contribution is 5.66. The number of halogens is 3. The van der Waals surface area contributed by atoms with Crippen LogP contribution in [0.4, 0.5) is 19.1 Å². The van der Waals surface area contributed by atoms with Crippen LogP contribution in [0.25, 0.3) is 0 Å². The fourth-order valence-electron chi connectivity index (χ4n) is 5.91. The summed E-state index contributed by atoms with van der Waals surface area (Å²) in [6.07, 6.45) is 3.78. The Morgan fingerprint density at radius 2 is 1.89 bits per heavy atom. The molecule has 2 heterocycles. The van der Waals surface area contributed by atoms with Gasteiger partial charge < -0.3 is 14.7 Å². The Morgan fingerprint density at radius 3 is 2.47 bits per heavy atom. The summed E-state index contributed by atoms with van der Waals surface area (Å²) < 4.78 is 43.7. The van der Waals surface area contributed by atoms with Gasteiger partial charge in [0.15, 0.2) is 0 Å². The molecule has 0 bridgehead atoms. The second kappa shape index (κ2) is 10.3. The molecular formula is C26H35F3N4O3. The first-order chi connectivity index (χ1) is 16.9. The normalized spacial score (nSPS) is 32.4. The molecule has 2 radical (unpaired) electrons. The van der Waals surface area contributed by atoms with Crippen LogP contribution in [0, 0.1) is 30.1 Å². The van der Waals surface area contributed by atoms with Gasteiger partial charge in [-0.15, -0.1) is 0 Å². The predicted molar refractivity (Wildman–Crippen MR) is 128 cm³/mol. The number of alkyl halides is 3. The van der Waals surface area contributed by atoms with E-state index in [0.29, 0.717) is 25.0 Å². The number of hydrogen-bond acceptors (Lipinski definition) is 7. The number of anilines is 1. The maximum Gasteiger partial charge on any atom is 0.419 e. The SMILES string of the molecule is CC(=O)O[C@@H]1[C][C@@]2(O)[C@H](C)CC[C@@H]([C@@H](C)CN3CCN(c4ncc(C(F)(F)F)cn4)CC3)[C@H]2C=C1C. The number of piperazine rings is 1. The van der Waals surface area contributed by atoms with E-state index in [4.69, 9.17) is 4.74 Å². The molecule has 0 spiro atoms. The molecule has 3 aliphatic rings. The van der Waals surface area contributed by atoms with E-state index in [2.05, 4.69) is 34.3 Å². The molecule has 0 aromatic carbocycles. The first-order valence-corrected chi connectivity index (χ1v) is 12.6. The first-order valence-electron chi connectivity index (χ1n) is 12.6. The zero-order chi connectivity index (χ0) is 26.3. The van der Waals surface area contributed by atoms with Gasteiger partial charge in [-0.25, -0.2) is 9.97 Å². The van der Waals surface area contributed by atoms with Gasteiger partial charge in [-0.05, 0) is 43.1 Å². The first kappa shape index (κ1) is 26.9. The maximum atomic E-state index is 12.8. The van der Waals surface area contributed by atoms with Crippen molar-refractivity contribution < 1.29 is 27.8 Å². The number of ether oxygens (including phenoxy) is 1. The molecule has 198 valence electrons. The Labute approximate surface area is 210 Å². The lowest BCUT2D eigenvalue weighted by atomic mass is 9.57. The molecule has 0 amide bonds.